The van der Waals surface area contributed by atoms with Gasteiger partial charge in [-0.05, 0) is 24.6 Å². The molecule has 0 amide bonds. The van der Waals surface area contributed by atoms with Crippen LogP contribution in [0.25, 0.3) is 0 Å². The van der Waals surface area contributed by atoms with Crippen LogP contribution in [0.4, 0.5) is 5.69 Å². The Balaban J connectivity index is 2.43. The standard InChI is InChI=1S/C10H16N2O3S/c1-8-3-4-10(9(11)7-8)15-6-5-12-16(2,13)14/h3-4,7,12H,5-6,11H2,1-2H3. The summed E-state index contributed by atoms with van der Waals surface area (Å²) in [5, 5.41) is 0. The molecule has 1 aromatic carbocycles. The summed E-state index contributed by atoms with van der Waals surface area (Å²) in [7, 11) is -3.16. The van der Waals surface area contributed by atoms with Crippen molar-refractivity contribution in [2.75, 3.05) is 25.1 Å². The molecule has 0 aromatic heterocycles. The average molecular weight is 244 g/mol. The van der Waals surface area contributed by atoms with Crippen LogP contribution in [0, 0.1) is 6.92 Å². The molecule has 0 saturated heterocycles. The lowest BCUT2D eigenvalue weighted by molar-refractivity contribution is 0.324. The van der Waals surface area contributed by atoms with E-state index in [0.717, 1.165) is 11.8 Å². The SMILES string of the molecule is Cc1ccc(OCCNS(C)(=O)=O)c(N)c1. The minimum absolute atomic E-state index is 0.228. The van der Waals surface area contributed by atoms with Crippen molar-refractivity contribution in [3.8, 4) is 5.75 Å². The molecule has 0 fully saturated rings. The minimum atomic E-state index is -3.16. The predicted molar refractivity (Wildman–Crippen MR) is 63.9 cm³/mol. The van der Waals surface area contributed by atoms with E-state index in [1.54, 1.807) is 12.1 Å². The van der Waals surface area contributed by atoms with E-state index in [1.165, 1.54) is 0 Å². The summed E-state index contributed by atoms with van der Waals surface area (Å²) in [6.45, 7) is 2.41. The van der Waals surface area contributed by atoms with E-state index < -0.39 is 10.0 Å². The molecule has 0 saturated carbocycles. The molecule has 0 aliphatic rings. The first-order valence-electron chi connectivity index (χ1n) is 4.82. The Morgan fingerprint density at radius 3 is 2.69 bits per heavy atom. The van der Waals surface area contributed by atoms with Crippen molar-refractivity contribution in [2.24, 2.45) is 0 Å². The number of nitrogens with one attached hydrogen (secondary N) is 1. The van der Waals surface area contributed by atoms with Gasteiger partial charge in [-0.2, -0.15) is 0 Å². The molecule has 5 nitrogen and oxygen atoms in total. The van der Waals surface area contributed by atoms with Gasteiger partial charge in [0.25, 0.3) is 0 Å². The Labute approximate surface area is 95.7 Å². The van der Waals surface area contributed by atoms with Gasteiger partial charge < -0.3 is 10.5 Å². The Kier molecular flexibility index (Phi) is 4.14. The summed E-state index contributed by atoms with van der Waals surface area (Å²) in [5.41, 5.74) is 7.34. The van der Waals surface area contributed by atoms with Gasteiger partial charge in [-0.1, -0.05) is 6.07 Å². The fourth-order valence-electron chi connectivity index (χ4n) is 1.19. The van der Waals surface area contributed by atoms with E-state index in [9.17, 15) is 8.42 Å². The highest BCUT2D eigenvalue weighted by molar-refractivity contribution is 7.88. The maximum atomic E-state index is 10.8. The van der Waals surface area contributed by atoms with E-state index >= 15 is 0 Å². The lowest BCUT2D eigenvalue weighted by Crippen LogP contribution is -2.26. The van der Waals surface area contributed by atoms with Crippen molar-refractivity contribution in [2.45, 2.75) is 6.92 Å². The summed E-state index contributed by atoms with van der Waals surface area (Å²) in [5.74, 6) is 0.570. The molecule has 0 aliphatic carbocycles. The molecule has 16 heavy (non-hydrogen) atoms. The van der Waals surface area contributed by atoms with Crippen molar-refractivity contribution in [3.63, 3.8) is 0 Å². The number of sulfonamides is 1. The molecule has 0 unspecified atom stereocenters. The Bertz CT molecular complexity index is 457. The molecular weight excluding hydrogens is 228 g/mol. The summed E-state index contributed by atoms with van der Waals surface area (Å²) in [6.07, 6.45) is 1.10. The first-order valence-corrected chi connectivity index (χ1v) is 6.71. The van der Waals surface area contributed by atoms with Gasteiger partial charge in [0.05, 0.1) is 11.9 Å². The highest BCUT2D eigenvalue weighted by Crippen LogP contribution is 2.21. The van der Waals surface area contributed by atoms with Gasteiger partial charge in [0.1, 0.15) is 12.4 Å². The van der Waals surface area contributed by atoms with Crippen LogP contribution in [0.3, 0.4) is 0 Å². The van der Waals surface area contributed by atoms with E-state index in [-0.39, 0.29) is 13.2 Å². The Morgan fingerprint density at radius 1 is 1.44 bits per heavy atom. The van der Waals surface area contributed by atoms with Gasteiger partial charge in [0.2, 0.25) is 10.0 Å². The monoisotopic (exact) mass is 244 g/mol. The quantitative estimate of drug-likeness (QED) is 0.584. The van der Waals surface area contributed by atoms with Crippen LogP contribution in [0.15, 0.2) is 18.2 Å². The van der Waals surface area contributed by atoms with Crippen LogP contribution in [0.2, 0.25) is 0 Å². The highest BCUT2D eigenvalue weighted by Gasteiger charge is 2.02. The maximum Gasteiger partial charge on any atom is 0.208 e. The van der Waals surface area contributed by atoms with Crippen LogP contribution >= 0.6 is 0 Å². The summed E-state index contributed by atoms with van der Waals surface area (Å²) in [4.78, 5) is 0. The van der Waals surface area contributed by atoms with E-state index in [1.807, 2.05) is 13.0 Å². The third-order valence-electron chi connectivity index (χ3n) is 1.89. The number of nitrogen functional groups attached to an aromatic ring is 1. The largest absolute Gasteiger partial charge is 0.490 e. The van der Waals surface area contributed by atoms with Crippen LogP contribution in [0.1, 0.15) is 5.56 Å². The zero-order valence-electron chi connectivity index (χ0n) is 9.36. The summed E-state index contributed by atoms with van der Waals surface area (Å²) < 4.78 is 29.2. The average Bonchev–Trinajstić information content (AvgIpc) is 2.13. The van der Waals surface area contributed by atoms with Gasteiger partial charge in [0.15, 0.2) is 0 Å². The Morgan fingerprint density at radius 2 is 2.12 bits per heavy atom. The number of anilines is 1. The number of rotatable bonds is 5. The van der Waals surface area contributed by atoms with Gasteiger partial charge >= 0.3 is 0 Å². The molecule has 0 radical (unpaired) electrons. The van der Waals surface area contributed by atoms with Gasteiger partial charge in [-0.15, -0.1) is 0 Å². The van der Waals surface area contributed by atoms with Crippen LogP contribution < -0.4 is 15.2 Å². The number of nitrogens with two attached hydrogens (primary N) is 1. The van der Waals surface area contributed by atoms with E-state index in [0.29, 0.717) is 11.4 Å². The highest BCUT2D eigenvalue weighted by atomic mass is 32.2. The molecular formula is C10H16N2O3S. The molecule has 0 spiro atoms. The molecule has 90 valence electrons. The van der Waals surface area contributed by atoms with E-state index in [2.05, 4.69) is 4.72 Å². The van der Waals surface area contributed by atoms with E-state index in [4.69, 9.17) is 10.5 Å². The van der Waals surface area contributed by atoms with Crippen molar-refractivity contribution < 1.29 is 13.2 Å². The fourth-order valence-corrected chi connectivity index (χ4v) is 1.64. The lowest BCUT2D eigenvalue weighted by atomic mass is 10.2. The summed E-state index contributed by atoms with van der Waals surface area (Å²) in [6, 6.07) is 5.46. The second kappa shape index (κ2) is 5.18. The van der Waals surface area contributed by atoms with Gasteiger partial charge in [-0.25, -0.2) is 13.1 Å². The smallest absolute Gasteiger partial charge is 0.208 e. The van der Waals surface area contributed by atoms with Crippen molar-refractivity contribution in [3.05, 3.63) is 23.8 Å². The second-order valence-corrected chi connectivity index (χ2v) is 5.39. The molecule has 0 aliphatic heterocycles. The number of hydrogen-bond donors (Lipinski definition) is 2. The van der Waals surface area contributed by atoms with Crippen LogP contribution in [-0.2, 0) is 10.0 Å². The molecule has 3 N–H and O–H groups in total. The van der Waals surface area contributed by atoms with Gasteiger partial charge in [-0.3, -0.25) is 0 Å². The lowest BCUT2D eigenvalue weighted by Gasteiger charge is -2.09. The predicted octanol–water partition coefficient (Wildman–Crippen LogP) is 0.505. The molecule has 0 bridgehead atoms. The maximum absolute atomic E-state index is 10.8. The number of hydrogen-bond acceptors (Lipinski definition) is 4. The fraction of sp³-hybridized carbons (Fsp3) is 0.400. The van der Waals surface area contributed by atoms with Crippen LogP contribution in [-0.4, -0.2) is 27.8 Å². The topological polar surface area (TPSA) is 81.4 Å². The normalized spacial score (nSPS) is 11.4. The van der Waals surface area contributed by atoms with Gasteiger partial charge in [0, 0.05) is 6.54 Å². The minimum Gasteiger partial charge on any atom is -0.490 e. The molecule has 0 heterocycles. The summed E-state index contributed by atoms with van der Waals surface area (Å²) >= 11 is 0. The third kappa shape index (κ3) is 4.50. The first kappa shape index (κ1) is 12.8. The second-order valence-electron chi connectivity index (χ2n) is 3.56. The zero-order valence-corrected chi connectivity index (χ0v) is 10.2. The third-order valence-corrected chi connectivity index (χ3v) is 2.62. The molecule has 1 aromatic rings. The zero-order chi connectivity index (χ0) is 12.2. The molecule has 0 atom stereocenters. The van der Waals surface area contributed by atoms with Crippen molar-refractivity contribution in [1.82, 2.24) is 4.72 Å². The van der Waals surface area contributed by atoms with Crippen molar-refractivity contribution in [1.29, 1.82) is 0 Å². The number of aryl methyl sites for hydroxylation is 1. The first-order chi connectivity index (χ1) is 7.38. The Hall–Kier alpha value is -1.27. The van der Waals surface area contributed by atoms with Crippen molar-refractivity contribution >= 4 is 15.7 Å². The number of benzene rings is 1. The molecule has 6 heteroatoms. The van der Waals surface area contributed by atoms with Crippen LogP contribution in [0.5, 0.6) is 5.75 Å². The molecule has 1 rings (SSSR count). The number of ether oxygens (including phenoxy) is 1.